The molecule has 2 fully saturated rings. The fourth-order valence-electron chi connectivity index (χ4n) is 3.27. The molecule has 6 heteroatoms. The second-order valence-corrected chi connectivity index (χ2v) is 6.50. The minimum Gasteiger partial charge on any atom is -0.352 e. The normalized spacial score (nSPS) is 28.6. The van der Waals surface area contributed by atoms with E-state index in [9.17, 15) is 4.79 Å². The quantitative estimate of drug-likeness (QED) is 0.736. The molecule has 0 spiro atoms. The molecule has 1 aliphatic heterocycles. The minimum atomic E-state index is 0.181. The van der Waals surface area contributed by atoms with Gasteiger partial charge in [-0.15, -0.1) is 0 Å². The summed E-state index contributed by atoms with van der Waals surface area (Å²) in [6.07, 6.45) is 4.93. The molecule has 1 aliphatic carbocycles. The largest absolute Gasteiger partial charge is 0.352 e. The molecule has 1 aromatic rings. The Hall–Kier alpha value is -1.40. The number of aromatic amines is 1. The average molecular weight is 291 g/mol. The van der Waals surface area contributed by atoms with Crippen molar-refractivity contribution in [3.8, 4) is 0 Å². The highest BCUT2D eigenvalue weighted by atomic mass is 16.1. The Morgan fingerprint density at radius 3 is 2.95 bits per heavy atom. The molecule has 2 heterocycles. The van der Waals surface area contributed by atoms with Crippen molar-refractivity contribution in [3.63, 3.8) is 0 Å². The first-order chi connectivity index (χ1) is 10.1. The summed E-state index contributed by atoms with van der Waals surface area (Å²) in [5.41, 5.74) is 2.31. The van der Waals surface area contributed by atoms with Crippen LogP contribution in [0.3, 0.4) is 0 Å². The first kappa shape index (κ1) is 14.5. The van der Waals surface area contributed by atoms with E-state index in [0.29, 0.717) is 18.5 Å². The molecule has 0 bridgehead atoms. The number of amides is 1. The highest BCUT2D eigenvalue weighted by molar-refractivity contribution is 5.79. The Balaban J connectivity index is 1.49. The van der Waals surface area contributed by atoms with Crippen molar-refractivity contribution in [2.45, 2.75) is 37.8 Å². The number of hydrogen-bond acceptors (Lipinski definition) is 4. The van der Waals surface area contributed by atoms with Crippen molar-refractivity contribution in [1.82, 2.24) is 25.7 Å². The van der Waals surface area contributed by atoms with E-state index >= 15 is 0 Å². The molecule has 21 heavy (non-hydrogen) atoms. The van der Waals surface area contributed by atoms with Gasteiger partial charge in [-0.1, -0.05) is 0 Å². The minimum absolute atomic E-state index is 0.181. The molecular weight excluding hydrogens is 266 g/mol. The van der Waals surface area contributed by atoms with Gasteiger partial charge in [-0.25, -0.2) is 0 Å². The average Bonchev–Trinajstić information content (AvgIpc) is 3.04. The molecule has 3 rings (SSSR count). The van der Waals surface area contributed by atoms with Crippen LogP contribution in [0.5, 0.6) is 0 Å². The van der Waals surface area contributed by atoms with E-state index < -0.39 is 0 Å². The number of carbonyl (C=O) groups is 1. The lowest BCUT2D eigenvalue weighted by molar-refractivity contribution is -0.129. The van der Waals surface area contributed by atoms with Gasteiger partial charge in [0.2, 0.25) is 5.91 Å². The molecule has 1 amide bonds. The van der Waals surface area contributed by atoms with Crippen LogP contribution in [0.4, 0.5) is 0 Å². The zero-order valence-corrected chi connectivity index (χ0v) is 12.9. The zero-order valence-electron chi connectivity index (χ0n) is 12.9. The monoisotopic (exact) mass is 291 g/mol. The number of carbonyl (C=O) groups excluding carboxylic acids is 1. The van der Waals surface area contributed by atoms with Gasteiger partial charge in [0, 0.05) is 42.2 Å². The summed E-state index contributed by atoms with van der Waals surface area (Å²) in [7, 11) is 4.15. The highest BCUT2D eigenvalue weighted by Crippen LogP contribution is 2.30. The predicted octanol–water partition coefficient (Wildman–Crippen LogP) is 0.443. The lowest BCUT2D eigenvalue weighted by Gasteiger charge is -2.38. The lowest BCUT2D eigenvalue weighted by Crippen LogP contribution is -2.46. The molecule has 1 atom stereocenters. The fraction of sp³-hybridized carbons (Fsp3) is 0.733. The molecule has 1 unspecified atom stereocenters. The maximum absolute atomic E-state index is 12.1. The second-order valence-electron chi connectivity index (χ2n) is 6.50. The van der Waals surface area contributed by atoms with Crippen LogP contribution in [-0.4, -0.2) is 54.2 Å². The van der Waals surface area contributed by atoms with E-state index in [1.165, 1.54) is 5.69 Å². The van der Waals surface area contributed by atoms with Crippen LogP contribution in [0.1, 0.15) is 36.4 Å². The third kappa shape index (κ3) is 3.11. The summed E-state index contributed by atoms with van der Waals surface area (Å²) in [5, 5.41) is 13.7. The second kappa shape index (κ2) is 6.15. The number of rotatable bonds is 5. The Kier molecular flexibility index (Phi) is 4.26. The van der Waals surface area contributed by atoms with Crippen LogP contribution < -0.4 is 10.6 Å². The van der Waals surface area contributed by atoms with Crippen LogP contribution in [0.2, 0.25) is 0 Å². The van der Waals surface area contributed by atoms with E-state index in [2.05, 4.69) is 39.8 Å². The molecule has 6 nitrogen and oxygen atoms in total. The summed E-state index contributed by atoms with van der Waals surface area (Å²) >= 11 is 0. The van der Waals surface area contributed by atoms with Crippen molar-refractivity contribution >= 4 is 5.91 Å². The third-order valence-corrected chi connectivity index (χ3v) is 4.89. The summed E-state index contributed by atoms with van der Waals surface area (Å²) in [6, 6.07) is 0.565. The van der Waals surface area contributed by atoms with Crippen LogP contribution in [0.25, 0.3) is 0 Å². The van der Waals surface area contributed by atoms with E-state index in [-0.39, 0.29) is 11.8 Å². The fourth-order valence-corrected chi connectivity index (χ4v) is 3.27. The number of H-pyrrole nitrogens is 1. The molecule has 1 aromatic heterocycles. The first-order valence-electron chi connectivity index (χ1n) is 7.82. The maximum atomic E-state index is 12.1. The standard InChI is InChI=1S/C15H25N5O/c1-20(2)13-5-11(6-13)15(21)17-8-12-9-18-19-14(12)10-3-4-16-7-10/h9-11,13,16H,3-8H2,1-2H3,(H,17,21)(H,18,19). The molecular formula is C15H25N5O. The van der Waals surface area contributed by atoms with E-state index in [1.807, 2.05) is 6.20 Å². The van der Waals surface area contributed by atoms with Gasteiger partial charge < -0.3 is 15.5 Å². The van der Waals surface area contributed by atoms with Gasteiger partial charge in [0.25, 0.3) is 0 Å². The van der Waals surface area contributed by atoms with Gasteiger partial charge in [-0.05, 0) is 39.9 Å². The van der Waals surface area contributed by atoms with Crippen molar-refractivity contribution < 1.29 is 4.79 Å². The summed E-state index contributed by atoms with van der Waals surface area (Å²) < 4.78 is 0. The lowest BCUT2D eigenvalue weighted by atomic mass is 9.79. The van der Waals surface area contributed by atoms with Gasteiger partial charge in [0.05, 0.1) is 6.20 Å². The Labute approximate surface area is 125 Å². The maximum Gasteiger partial charge on any atom is 0.223 e. The number of hydrogen-bond donors (Lipinski definition) is 3. The number of aromatic nitrogens is 2. The smallest absolute Gasteiger partial charge is 0.223 e. The van der Waals surface area contributed by atoms with Crippen LogP contribution in [0, 0.1) is 5.92 Å². The first-order valence-corrected chi connectivity index (χ1v) is 7.82. The molecule has 0 radical (unpaired) electrons. The van der Waals surface area contributed by atoms with Crippen LogP contribution in [-0.2, 0) is 11.3 Å². The molecule has 1 saturated carbocycles. The highest BCUT2D eigenvalue weighted by Gasteiger charge is 2.35. The van der Waals surface area contributed by atoms with Gasteiger partial charge in [0.1, 0.15) is 0 Å². The van der Waals surface area contributed by atoms with Crippen molar-refractivity contribution in [3.05, 3.63) is 17.5 Å². The SMILES string of the molecule is CN(C)C1CC(C(=O)NCc2cn[nH]c2C2CCNC2)C1. The van der Waals surface area contributed by atoms with Gasteiger partial charge in [0.15, 0.2) is 0 Å². The van der Waals surface area contributed by atoms with Crippen molar-refractivity contribution in [1.29, 1.82) is 0 Å². The van der Waals surface area contributed by atoms with E-state index in [1.54, 1.807) is 0 Å². The third-order valence-electron chi connectivity index (χ3n) is 4.89. The van der Waals surface area contributed by atoms with Crippen molar-refractivity contribution in [2.24, 2.45) is 5.92 Å². The molecule has 2 aliphatic rings. The Morgan fingerprint density at radius 1 is 1.48 bits per heavy atom. The summed E-state index contributed by atoms with van der Waals surface area (Å²) in [4.78, 5) is 14.3. The summed E-state index contributed by atoms with van der Waals surface area (Å²) in [5.74, 6) is 0.868. The van der Waals surface area contributed by atoms with Gasteiger partial charge in [-0.2, -0.15) is 5.10 Å². The Morgan fingerprint density at radius 2 is 2.29 bits per heavy atom. The number of nitrogens with zero attached hydrogens (tertiary/aromatic N) is 2. The molecule has 116 valence electrons. The number of nitrogens with one attached hydrogen (secondary N) is 3. The molecule has 3 N–H and O–H groups in total. The van der Waals surface area contributed by atoms with E-state index in [4.69, 9.17) is 0 Å². The Bertz CT molecular complexity index is 486. The predicted molar refractivity (Wildman–Crippen MR) is 80.9 cm³/mol. The van der Waals surface area contributed by atoms with Crippen LogP contribution >= 0.6 is 0 Å². The summed E-state index contributed by atoms with van der Waals surface area (Å²) in [6.45, 7) is 2.64. The van der Waals surface area contributed by atoms with Gasteiger partial charge >= 0.3 is 0 Å². The molecule has 0 aromatic carbocycles. The van der Waals surface area contributed by atoms with Gasteiger partial charge in [-0.3, -0.25) is 9.89 Å². The zero-order chi connectivity index (χ0) is 14.8. The van der Waals surface area contributed by atoms with E-state index in [0.717, 1.165) is 37.9 Å². The van der Waals surface area contributed by atoms with Crippen LogP contribution in [0.15, 0.2) is 6.20 Å². The van der Waals surface area contributed by atoms with Crippen molar-refractivity contribution in [2.75, 3.05) is 27.2 Å². The molecule has 1 saturated heterocycles. The topological polar surface area (TPSA) is 73.0 Å².